The molecule has 1 heterocycles. The molecule has 0 aliphatic carbocycles. The third-order valence-electron chi connectivity index (χ3n) is 5.60. The van der Waals surface area contributed by atoms with E-state index in [1.165, 1.54) is 5.56 Å². The lowest BCUT2D eigenvalue weighted by Crippen LogP contribution is -2.34. The van der Waals surface area contributed by atoms with Crippen LogP contribution in [0.5, 0.6) is 5.75 Å². The largest absolute Gasteiger partial charge is 0.484 e. The normalized spacial score (nSPS) is 13.0. The maximum atomic E-state index is 12.5. The van der Waals surface area contributed by atoms with Crippen LogP contribution in [0.2, 0.25) is 0 Å². The van der Waals surface area contributed by atoms with E-state index in [1.54, 1.807) is 0 Å². The van der Waals surface area contributed by atoms with E-state index in [-0.39, 0.29) is 18.4 Å². The molecule has 31 heavy (non-hydrogen) atoms. The Morgan fingerprint density at radius 3 is 2.55 bits per heavy atom. The molecule has 1 N–H and O–H groups in total. The van der Waals surface area contributed by atoms with Crippen molar-refractivity contribution in [1.82, 2.24) is 0 Å². The fraction of sp³-hybridized carbons (Fsp3) is 0.231. The third kappa shape index (κ3) is 4.94. The minimum absolute atomic E-state index is 0.0573. The molecule has 5 nitrogen and oxygen atoms in total. The van der Waals surface area contributed by atoms with Crippen molar-refractivity contribution in [2.75, 3.05) is 16.8 Å². The van der Waals surface area contributed by atoms with Crippen molar-refractivity contribution in [1.29, 1.82) is 0 Å². The van der Waals surface area contributed by atoms with Crippen LogP contribution < -0.4 is 15.0 Å². The van der Waals surface area contributed by atoms with Gasteiger partial charge in [0.1, 0.15) is 5.75 Å². The maximum Gasteiger partial charge on any atom is 0.262 e. The second kappa shape index (κ2) is 9.04. The monoisotopic (exact) mass is 414 g/mol. The molecule has 4 rings (SSSR count). The van der Waals surface area contributed by atoms with Crippen LogP contribution in [-0.2, 0) is 22.6 Å². The SMILES string of the molecule is Cc1ccc(OCC(=O)Nc2ccc3c(c2)CCC(=O)N3Cc2ccccc2)cc1C. The van der Waals surface area contributed by atoms with Gasteiger partial charge in [-0.1, -0.05) is 36.4 Å². The fourth-order valence-electron chi connectivity index (χ4n) is 3.73. The summed E-state index contributed by atoms with van der Waals surface area (Å²) in [6.07, 6.45) is 1.13. The molecule has 1 aliphatic rings. The lowest BCUT2D eigenvalue weighted by molar-refractivity contribution is -0.119. The van der Waals surface area contributed by atoms with E-state index in [9.17, 15) is 9.59 Å². The fourth-order valence-corrected chi connectivity index (χ4v) is 3.73. The Kier molecular flexibility index (Phi) is 6.03. The minimum Gasteiger partial charge on any atom is -0.484 e. The molecule has 0 fully saturated rings. The Balaban J connectivity index is 1.42. The third-order valence-corrected chi connectivity index (χ3v) is 5.60. The summed E-state index contributed by atoms with van der Waals surface area (Å²) in [5.74, 6) is 0.583. The Bertz CT molecular complexity index is 1110. The van der Waals surface area contributed by atoms with Crippen molar-refractivity contribution in [2.24, 2.45) is 0 Å². The van der Waals surface area contributed by atoms with Crippen molar-refractivity contribution in [3.05, 3.63) is 89.0 Å². The molecule has 0 saturated heterocycles. The quantitative estimate of drug-likeness (QED) is 0.630. The lowest BCUT2D eigenvalue weighted by Gasteiger charge is -2.30. The molecular weight excluding hydrogens is 388 g/mol. The van der Waals surface area contributed by atoms with Gasteiger partial charge >= 0.3 is 0 Å². The van der Waals surface area contributed by atoms with Crippen LogP contribution >= 0.6 is 0 Å². The number of hydrogen-bond acceptors (Lipinski definition) is 3. The summed E-state index contributed by atoms with van der Waals surface area (Å²) in [5, 5.41) is 2.90. The standard InChI is InChI=1S/C26H26N2O3/c1-18-8-11-23(14-19(18)2)31-17-25(29)27-22-10-12-24-21(15-22)9-13-26(30)28(24)16-20-6-4-3-5-7-20/h3-8,10-12,14-15H,9,13,16-17H2,1-2H3,(H,27,29). The summed E-state index contributed by atoms with van der Waals surface area (Å²) in [5.41, 5.74) is 6.08. The number of fused-ring (bicyclic) bond motifs is 1. The van der Waals surface area contributed by atoms with E-state index in [2.05, 4.69) is 5.32 Å². The zero-order valence-corrected chi connectivity index (χ0v) is 17.9. The molecule has 0 bridgehead atoms. The van der Waals surface area contributed by atoms with Crippen molar-refractivity contribution >= 4 is 23.2 Å². The molecule has 0 spiro atoms. The Morgan fingerprint density at radius 2 is 1.77 bits per heavy atom. The Labute approximate surface area is 182 Å². The zero-order chi connectivity index (χ0) is 21.8. The van der Waals surface area contributed by atoms with Crippen molar-refractivity contribution < 1.29 is 14.3 Å². The van der Waals surface area contributed by atoms with E-state index in [1.807, 2.05) is 85.5 Å². The van der Waals surface area contributed by atoms with Crippen molar-refractivity contribution in [3.8, 4) is 5.75 Å². The minimum atomic E-state index is -0.216. The molecule has 0 atom stereocenters. The Morgan fingerprint density at radius 1 is 0.968 bits per heavy atom. The van der Waals surface area contributed by atoms with Gasteiger partial charge in [0.05, 0.1) is 6.54 Å². The predicted octanol–water partition coefficient (Wildman–Crippen LogP) is 4.80. The average Bonchev–Trinajstić information content (AvgIpc) is 2.77. The first-order valence-electron chi connectivity index (χ1n) is 10.5. The predicted molar refractivity (Wildman–Crippen MR) is 122 cm³/mol. The number of benzene rings is 3. The number of nitrogens with one attached hydrogen (secondary N) is 1. The summed E-state index contributed by atoms with van der Waals surface area (Å²) in [4.78, 5) is 26.7. The summed E-state index contributed by atoms with van der Waals surface area (Å²) < 4.78 is 5.62. The highest BCUT2D eigenvalue weighted by Gasteiger charge is 2.24. The van der Waals surface area contributed by atoms with Gasteiger partial charge in [-0.25, -0.2) is 0 Å². The number of nitrogens with zero attached hydrogens (tertiary/aromatic N) is 1. The summed E-state index contributed by atoms with van der Waals surface area (Å²) >= 11 is 0. The molecule has 3 aromatic carbocycles. The van der Waals surface area contributed by atoms with Crippen LogP contribution in [-0.4, -0.2) is 18.4 Å². The van der Waals surface area contributed by atoms with Crippen LogP contribution in [0.1, 0.15) is 28.7 Å². The van der Waals surface area contributed by atoms with Gasteiger partial charge in [-0.15, -0.1) is 0 Å². The molecule has 1 aliphatic heterocycles. The second-order valence-electron chi connectivity index (χ2n) is 7.89. The molecule has 5 heteroatoms. The van der Waals surface area contributed by atoms with E-state index in [0.717, 1.165) is 22.4 Å². The van der Waals surface area contributed by atoms with Crippen LogP contribution in [0.4, 0.5) is 11.4 Å². The zero-order valence-electron chi connectivity index (χ0n) is 17.9. The maximum absolute atomic E-state index is 12.5. The van der Waals surface area contributed by atoms with Gasteiger partial charge in [0.25, 0.3) is 5.91 Å². The number of carbonyl (C=O) groups excluding carboxylic acids is 2. The van der Waals surface area contributed by atoms with Gasteiger partial charge in [-0.3, -0.25) is 9.59 Å². The smallest absolute Gasteiger partial charge is 0.262 e. The van der Waals surface area contributed by atoms with Gasteiger partial charge in [0.15, 0.2) is 6.61 Å². The topological polar surface area (TPSA) is 58.6 Å². The molecule has 0 radical (unpaired) electrons. The lowest BCUT2D eigenvalue weighted by atomic mass is 9.99. The summed E-state index contributed by atoms with van der Waals surface area (Å²) in [6, 6.07) is 21.4. The first kappa shape index (κ1) is 20.7. The van der Waals surface area contributed by atoms with E-state index >= 15 is 0 Å². The number of hydrogen-bond donors (Lipinski definition) is 1. The van der Waals surface area contributed by atoms with E-state index in [4.69, 9.17) is 4.74 Å². The van der Waals surface area contributed by atoms with Gasteiger partial charge in [0.2, 0.25) is 5.91 Å². The van der Waals surface area contributed by atoms with Gasteiger partial charge < -0.3 is 15.0 Å². The number of aryl methyl sites for hydroxylation is 3. The average molecular weight is 415 g/mol. The molecule has 158 valence electrons. The van der Waals surface area contributed by atoms with Gasteiger partial charge in [-0.05, 0) is 72.9 Å². The first-order chi connectivity index (χ1) is 15.0. The van der Waals surface area contributed by atoms with Crippen LogP contribution in [0.3, 0.4) is 0 Å². The highest BCUT2D eigenvalue weighted by Crippen LogP contribution is 2.31. The molecule has 3 aromatic rings. The second-order valence-corrected chi connectivity index (χ2v) is 7.89. The molecule has 0 saturated carbocycles. The number of amides is 2. The Hall–Kier alpha value is -3.60. The first-order valence-corrected chi connectivity index (χ1v) is 10.5. The highest BCUT2D eigenvalue weighted by molar-refractivity contribution is 5.97. The van der Waals surface area contributed by atoms with Crippen LogP contribution in [0.15, 0.2) is 66.7 Å². The molecule has 2 amide bonds. The van der Waals surface area contributed by atoms with E-state index in [0.29, 0.717) is 30.8 Å². The van der Waals surface area contributed by atoms with E-state index < -0.39 is 0 Å². The number of anilines is 2. The number of rotatable bonds is 6. The van der Waals surface area contributed by atoms with Gasteiger partial charge in [-0.2, -0.15) is 0 Å². The van der Waals surface area contributed by atoms with Crippen LogP contribution in [0, 0.1) is 13.8 Å². The van der Waals surface area contributed by atoms with Crippen LogP contribution in [0.25, 0.3) is 0 Å². The number of carbonyl (C=O) groups is 2. The van der Waals surface area contributed by atoms with Gasteiger partial charge in [0, 0.05) is 17.8 Å². The summed E-state index contributed by atoms with van der Waals surface area (Å²) in [6.45, 7) is 4.54. The molecule has 0 unspecified atom stereocenters. The van der Waals surface area contributed by atoms with Crippen molar-refractivity contribution in [2.45, 2.75) is 33.2 Å². The molecular formula is C26H26N2O3. The number of ether oxygens (including phenoxy) is 1. The van der Waals surface area contributed by atoms with Crippen molar-refractivity contribution in [3.63, 3.8) is 0 Å². The summed E-state index contributed by atoms with van der Waals surface area (Å²) in [7, 11) is 0. The highest BCUT2D eigenvalue weighted by atomic mass is 16.5. The molecule has 0 aromatic heterocycles.